The fraction of sp³-hybridized carbons (Fsp3) is 0.900. The molecule has 2 aliphatic rings. The molecule has 80 valence electrons. The smallest absolute Gasteiger partial charge is 0.194 e. The Morgan fingerprint density at radius 2 is 2.29 bits per heavy atom. The summed E-state index contributed by atoms with van der Waals surface area (Å²) in [6.45, 7) is 6.14. The van der Waals surface area contributed by atoms with Gasteiger partial charge < -0.3 is 15.0 Å². The van der Waals surface area contributed by atoms with E-state index in [1.165, 1.54) is 0 Å². The molecule has 4 nitrogen and oxygen atoms in total. The van der Waals surface area contributed by atoms with Gasteiger partial charge in [0.2, 0.25) is 0 Å². The first-order chi connectivity index (χ1) is 6.68. The van der Waals surface area contributed by atoms with Gasteiger partial charge in [-0.15, -0.1) is 0 Å². The van der Waals surface area contributed by atoms with E-state index in [0.717, 1.165) is 25.5 Å². The fourth-order valence-electron chi connectivity index (χ4n) is 2.30. The second-order valence-corrected chi connectivity index (χ2v) is 4.20. The molecule has 0 aliphatic carbocycles. The first-order valence-corrected chi connectivity index (χ1v) is 5.35. The molecule has 0 aromatic rings. The number of likely N-dealkylation sites (N-methyl/N-ethyl adjacent to an activating group) is 1. The third-order valence-electron chi connectivity index (χ3n) is 3.05. The average Bonchev–Trinajstić information content (AvgIpc) is 2.73. The number of rotatable bonds is 1. The topological polar surface area (TPSA) is 36.9 Å². The molecule has 3 unspecified atom stereocenters. The first kappa shape index (κ1) is 9.77. The van der Waals surface area contributed by atoms with Crippen LogP contribution < -0.4 is 5.32 Å². The van der Waals surface area contributed by atoms with E-state index in [2.05, 4.69) is 36.1 Å². The lowest BCUT2D eigenvalue weighted by atomic mass is 10.1. The van der Waals surface area contributed by atoms with Crippen molar-refractivity contribution in [3.05, 3.63) is 0 Å². The van der Waals surface area contributed by atoms with Crippen molar-refractivity contribution in [1.82, 2.24) is 10.2 Å². The van der Waals surface area contributed by atoms with E-state index in [1.54, 1.807) is 0 Å². The lowest BCUT2D eigenvalue weighted by Gasteiger charge is -2.28. The molecular weight excluding hydrogens is 178 g/mol. The summed E-state index contributed by atoms with van der Waals surface area (Å²) in [5.41, 5.74) is 0. The number of hydrogen-bond acceptors (Lipinski definition) is 4. The largest absolute Gasteiger partial charge is 0.373 e. The lowest BCUT2D eigenvalue weighted by molar-refractivity contribution is 0.0535. The molecule has 3 atom stereocenters. The van der Waals surface area contributed by atoms with Crippen molar-refractivity contribution in [3.63, 3.8) is 0 Å². The zero-order valence-corrected chi connectivity index (χ0v) is 9.16. The number of ether oxygens (including phenoxy) is 1. The van der Waals surface area contributed by atoms with Gasteiger partial charge in [-0.3, -0.25) is 4.99 Å². The summed E-state index contributed by atoms with van der Waals surface area (Å²) in [5, 5.41) is 3.29. The van der Waals surface area contributed by atoms with Crippen molar-refractivity contribution < 1.29 is 4.74 Å². The van der Waals surface area contributed by atoms with Gasteiger partial charge >= 0.3 is 0 Å². The molecule has 0 aromatic carbocycles. The van der Waals surface area contributed by atoms with Crippen LogP contribution in [0.4, 0.5) is 0 Å². The monoisotopic (exact) mass is 197 g/mol. The number of aliphatic imine (C=N–C) groups is 1. The molecule has 0 radical (unpaired) electrons. The zero-order chi connectivity index (χ0) is 10.1. The van der Waals surface area contributed by atoms with E-state index in [9.17, 15) is 0 Å². The van der Waals surface area contributed by atoms with Crippen molar-refractivity contribution >= 4 is 5.96 Å². The van der Waals surface area contributed by atoms with E-state index >= 15 is 0 Å². The van der Waals surface area contributed by atoms with Crippen LogP contribution in [0.25, 0.3) is 0 Å². The van der Waals surface area contributed by atoms with E-state index < -0.39 is 0 Å². The molecule has 1 N–H and O–H groups in total. The molecule has 0 aromatic heterocycles. The molecular formula is C10H19N3O. The Morgan fingerprint density at radius 1 is 1.50 bits per heavy atom. The maximum absolute atomic E-state index is 5.73. The SMILES string of the molecule is CC1CC(N(C)C2=NCCN2)C(C)O1. The Hall–Kier alpha value is -0.770. The lowest BCUT2D eigenvalue weighted by Crippen LogP contribution is -2.45. The highest BCUT2D eigenvalue weighted by molar-refractivity contribution is 5.81. The summed E-state index contributed by atoms with van der Waals surface area (Å²) in [6, 6.07) is 0.467. The Labute approximate surface area is 85.3 Å². The van der Waals surface area contributed by atoms with Crippen LogP contribution in [0.15, 0.2) is 4.99 Å². The van der Waals surface area contributed by atoms with Crippen molar-refractivity contribution in [1.29, 1.82) is 0 Å². The molecule has 2 rings (SSSR count). The molecule has 1 fully saturated rings. The summed E-state index contributed by atoms with van der Waals surface area (Å²) in [4.78, 5) is 6.64. The van der Waals surface area contributed by atoms with Gasteiger partial charge in [0.15, 0.2) is 5.96 Å². The molecule has 2 aliphatic heterocycles. The van der Waals surface area contributed by atoms with Crippen LogP contribution in [-0.4, -0.2) is 49.2 Å². The van der Waals surface area contributed by atoms with Crippen LogP contribution in [0.1, 0.15) is 20.3 Å². The fourth-order valence-corrected chi connectivity index (χ4v) is 2.30. The van der Waals surface area contributed by atoms with Crippen LogP contribution >= 0.6 is 0 Å². The maximum Gasteiger partial charge on any atom is 0.194 e. The first-order valence-electron chi connectivity index (χ1n) is 5.35. The zero-order valence-electron chi connectivity index (χ0n) is 9.16. The van der Waals surface area contributed by atoms with Crippen molar-refractivity contribution in [3.8, 4) is 0 Å². The summed E-state index contributed by atoms with van der Waals surface area (Å²) in [6.07, 6.45) is 1.78. The van der Waals surface area contributed by atoms with E-state index in [0.29, 0.717) is 18.2 Å². The highest BCUT2D eigenvalue weighted by atomic mass is 16.5. The number of nitrogens with one attached hydrogen (secondary N) is 1. The van der Waals surface area contributed by atoms with E-state index in [1.807, 2.05) is 0 Å². The van der Waals surface area contributed by atoms with Gasteiger partial charge in [0.05, 0.1) is 24.8 Å². The highest BCUT2D eigenvalue weighted by Gasteiger charge is 2.34. The number of hydrogen-bond donors (Lipinski definition) is 1. The van der Waals surface area contributed by atoms with Gasteiger partial charge in [0.1, 0.15) is 0 Å². The second kappa shape index (κ2) is 3.77. The Morgan fingerprint density at radius 3 is 2.79 bits per heavy atom. The predicted octanol–water partition coefficient (Wildman–Crippen LogP) is 0.443. The molecule has 0 saturated carbocycles. The van der Waals surface area contributed by atoms with Gasteiger partial charge in [0.25, 0.3) is 0 Å². The molecule has 0 bridgehead atoms. The minimum Gasteiger partial charge on any atom is -0.373 e. The van der Waals surface area contributed by atoms with Gasteiger partial charge in [0, 0.05) is 13.6 Å². The van der Waals surface area contributed by atoms with Crippen molar-refractivity contribution in [2.24, 2.45) is 4.99 Å². The predicted molar refractivity (Wildman–Crippen MR) is 56.5 cm³/mol. The van der Waals surface area contributed by atoms with Gasteiger partial charge in [-0.25, -0.2) is 0 Å². The molecule has 4 heteroatoms. The molecule has 14 heavy (non-hydrogen) atoms. The minimum atomic E-state index is 0.306. The normalized spacial score (nSPS) is 36.8. The standard InChI is InChI=1S/C10H19N3O/c1-7-6-9(8(2)14-7)13(3)10-11-4-5-12-10/h7-9H,4-6H2,1-3H3,(H,11,12). The van der Waals surface area contributed by atoms with Crippen LogP contribution in [0.5, 0.6) is 0 Å². The van der Waals surface area contributed by atoms with Crippen LogP contribution in [0.3, 0.4) is 0 Å². The van der Waals surface area contributed by atoms with Gasteiger partial charge in [-0.1, -0.05) is 0 Å². The van der Waals surface area contributed by atoms with Gasteiger partial charge in [-0.05, 0) is 20.3 Å². The number of guanidine groups is 1. The van der Waals surface area contributed by atoms with Crippen LogP contribution in [-0.2, 0) is 4.74 Å². The summed E-state index contributed by atoms with van der Waals surface area (Å²) in [5.74, 6) is 1.03. The van der Waals surface area contributed by atoms with Gasteiger partial charge in [-0.2, -0.15) is 0 Å². The minimum absolute atomic E-state index is 0.306. The quantitative estimate of drug-likeness (QED) is 0.663. The third-order valence-corrected chi connectivity index (χ3v) is 3.05. The number of nitrogens with zero attached hydrogens (tertiary/aromatic N) is 2. The van der Waals surface area contributed by atoms with Crippen LogP contribution in [0, 0.1) is 0 Å². The Balaban J connectivity index is 2.00. The van der Waals surface area contributed by atoms with E-state index in [4.69, 9.17) is 4.74 Å². The third kappa shape index (κ3) is 1.71. The van der Waals surface area contributed by atoms with E-state index in [-0.39, 0.29) is 0 Å². The van der Waals surface area contributed by atoms with Crippen molar-refractivity contribution in [2.75, 3.05) is 20.1 Å². The summed E-state index contributed by atoms with van der Waals surface area (Å²) in [7, 11) is 2.10. The average molecular weight is 197 g/mol. The molecule has 0 spiro atoms. The maximum atomic E-state index is 5.73. The second-order valence-electron chi connectivity index (χ2n) is 4.20. The Bertz CT molecular complexity index is 242. The highest BCUT2D eigenvalue weighted by Crippen LogP contribution is 2.23. The van der Waals surface area contributed by atoms with Crippen molar-refractivity contribution in [2.45, 2.75) is 38.5 Å². The molecule has 0 amide bonds. The summed E-state index contributed by atoms with van der Waals surface area (Å²) < 4.78 is 5.73. The van der Waals surface area contributed by atoms with Crippen LogP contribution in [0.2, 0.25) is 0 Å². The summed E-state index contributed by atoms with van der Waals surface area (Å²) >= 11 is 0. The Kier molecular flexibility index (Phi) is 2.63. The molecule has 1 saturated heterocycles. The molecule has 2 heterocycles.